The summed E-state index contributed by atoms with van der Waals surface area (Å²) in [6.07, 6.45) is 4.27. The van der Waals surface area contributed by atoms with Crippen LogP contribution in [-0.4, -0.2) is 12.6 Å². The van der Waals surface area contributed by atoms with Gasteiger partial charge in [-0.3, -0.25) is 0 Å². The molecule has 2 rings (SSSR count). The molecule has 1 saturated heterocycles. The zero-order chi connectivity index (χ0) is 10.7. The molecule has 0 aliphatic carbocycles. The van der Waals surface area contributed by atoms with Gasteiger partial charge in [-0.25, -0.2) is 4.39 Å². The fourth-order valence-corrected chi connectivity index (χ4v) is 2.31. The van der Waals surface area contributed by atoms with Gasteiger partial charge in [-0.2, -0.15) is 0 Å². The van der Waals surface area contributed by atoms with E-state index in [1.165, 1.54) is 18.9 Å². The lowest BCUT2D eigenvalue weighted by atomic mass is 9.97. The van der Waals surface area contributed by atoms with Crippen molar-refractivity contribution in [3.63, 3.8) is 0 Å². The van der Waals surface area contributed by atoms with Gasteiger partial charge >= 0.3 is 0 Å². The van der Waals surface area contributed by atoms with E-state index in [9.17, 15) is 4.39 Å². The van der Waals surface area contributed by atoms with E-state index in [4.69, 9.17) is 11.6 Å². The molecule has 0 spiro atoms. The summed E-state index contributed by atoms with van der Waals surface area (Å²) in [5.41, 5.74) is 0.651. The van der Waals surface area contributed by atoms with Crippen LogP contribution in [0.1, 0.15) is 24.8 Å². The Labute approximate surface area is 94.6 Å². The Morgan fingerprint density at radius 2 is 2.27 bits per heavy atom. The van der Waals surface area contributed by atoms with Crippen molar-refractivity contribution in [2.75, 3.05) is 6.54 Å². The molecule has 1 aliphatic heterocycles. The fraction of sp³-hybridized carbons (Fsp3) is 0.500. The molecule has 1 aliphatic rings. The fourth-order valence-electron chi connectivity index (χ4n) is 2.07. The number of nitrogens with one attached hydrogen (secondary N) is 1. The quantitative estimate of drug-likeness (QED) is 0.819. The van der Waals surface area contributed by atoms with Gasteiger partial charge in [0.05, 0.1) is 0 Å². The molecule has 0 saturated carbocycles. The first-order valence-corrected chi connectivity index (χ1v) is 5.81. The Balaban J connectivity index is 2.09. The van der Waals surface area contributed by atoms with E-state index in [1.54, 1.807) is 12.1 Å². The van der Waals surface area contributed by atoms with Crippen LogP contribution in [0.15, 0.2) is 18.2 Å². The minimum Gasteiger partial charge on any atom is -0.314 e. The standard InChI is InChI=1S/C12H15ClFN/c13-11-5-3-6-12(14)10(11)8-9-4-1-2-7-15-9/h3,5-6,9,15H,1-2,4,7-8H2. The Hall–Kier alpha value is -0.600. The molecule has 1 aromatic rings. The molecule has 0 radical (unpaired) electrons. The highest BCUT2D eigenvalue weighted by Crippen LogP contribution is 2.22. The van der Waals surface area contributed by atoms with Crippen LogP contribution in [0, 0.1) is 5.82 Å². The predicted molar refractivity (Wildman–Crippen MR) is 60.8 cm³/mol. The van der Waals surface area contributed by atoms with Crippen molar-refractivity contribution in [2.24, 2.45) is 0 Å². The smallest absolute Gasteiger partial charge is 0.127 e. The highest BCUT2D eigenvalue weighted by molar-refractivity contribution is 6.31. The van der Waals surface area contributed by atoms with Crippen LogP contribution >= 0.6 is 11.6 Å². The van der Waals surface area contributed by atoms with Gasteiger partial charge in [0.25, 0.3) is 0 Å². The van der Waals surface area contributed by atoms with Crippen LogP contribution in [0.3, 0.4) is 0 Å². The highest BCUT2D eigenvalue weighted by atomic mass is 35.5. The first kappa shape index (κ1) is 10.9. The third kappa shape index (κ3) is 2.70. The minimum atomic E-state index is -0.185. The maximum atomic E-state index is 13.5. The second kappa shape index (κ2) is 4.95. The number of piperidine rings is 1. The summed E-state index contributed by atoms with van der Waals surface area (Å²) >= 11 is 5.98. The van der Waals surface area contributed by atoms with Crippen molar-refractivity contribution in [3.8, 4) is 0 Å². The zero-order valence-electron chi connectivity index (χ0n) is 8.60. The number of halogens is 2. The second-order valence-corrected chi connectivity index (χ2v) is 4.46. The molecule has 0 aromatic heterocycles. The minimum absolute atomic E-state index is 0.185. The Kier molecular flexibility index (Phi) is 3.60. The van der Waals surface area contributed by atoms with E-state index >= 15 is 0 Å². The van der Waals surface area contributed by atoms with Crippen molar-refractivity contribution in [2.45, 2.75) is 31.7 Å². The molecule has 0 amide bonds. The number of hydrogen-bond donors (Lipinski definition) is 1. The van der Waals surface area contributed by atoms with Crippen LogP contribution in [0.2, 0.25) is 5.02 Å². The van der Waals surface area contributed by atoms with Crippen LogP contribution in [-0.2, 0) is 6.42 Å². The molecule has 1 atom stereocenters. The van der Waals surface area contributed by atoms with Gasteiger partial charge in [0.2, 0.25) is 0 Å². The van der Waals surface area contributed by atoms with Crippen LogP contribution in [0.5, 0.6) is 0 Å². The number of rotatable bonds is 2. The summed E-state index contributed by atoms with van der Waals surface area (Å²) in [7, 11) is 0. The van der Waals surface area contributed by atoms with E-state index in [-0.39, 0.29) is 5.82 Å². The van der Waals surface area contributed by atoms with Crippen LogP contribution in [0.25, 0.3) is 0 Å². The topological polar surface area (TPSA) is 12.0 Å². The van der Waals surface area contributed by atoms with E-state index in [0.717, 1.165) is 13.0 Å². The van der Waals surface area contributed by atoms with Gasteiger partial charge in [0, 0.05) is 16.6 Å². The molecule has 1 fully saturated rings. The summed E-state index contributed by atoms with van der Waals surface area (Å²) in [6.45, 7) is 1.04. The average molecular weight is 228 g/mol. The summed E-state index contributed by atoms with van der Waals surface area (Å²) < 4.78 is 13.5. The molecular weight excluding hydrogens is 213 g/mol. The predicted octanol–water partition coefficient (Wildman–Crippen LogP) is 3.16. The molecule has 0 bridgehead atoms. The summed E-state index contributed by atoms with van der Waals surface area (Å²) in [6, 6.07) is 5.26. The molecular formula is C12H15ClFN. The Morgan fingerprint density at radius 3 is 2.93 bits per heavy atom. The number of benzene rings is 1. The van der Waals surface area contributed by atoms with Gasteiger partial charge < -0.3 is 5.32 Å². The highest BCUT2D eigenvalue weighted by Gasteiger charge is 2.16. The van der Waals surface area contributed by atoms with E-state index in [2.05, 4.69) is 5.32 Å². The van der Waals surface area contributed by atoms with E-state index in [0.29, 0.717) is 23.0 Å². The molecule has 3 heteroatoms. The van der Waals surface area contributed by atoms with Crippen molar-refractivity contribution >= 4 is 11.6 Å². The van der Waals surface area contributed by atoms with Crippen molar-refractivity contribution in [3.05, 3.63) is 34.6 Å². The van der Waals surface area contributed by atoms with Gasteiger partial charge in [-0.15, -0.1) is 0 Å². The van der Waals surface area contributed by atoms with Crippen LogP contribution in [0.4, 0.5) is 4.39 Å². The van der Waals surface area contributed by atoms with Crippen molar-refractivity contribution in [1.29, 1.82) is 0 Å². The first-order valence-electron chi connectivity index (χ1n) is 5.43. The largest absolute Gasteiger partial charge is 0.314 e. The maximum absolute atomic E-state index is 13.5. The third-order valence-corrected chi connectivity index (χ3v) is 3.28. The monoisotopic (exact) mass is 227 g/mol. The maximum Gasteiger partial charge on any atom is 0.127 e. The zero-order valence-corrected chi connectivity index (χ0v) is 9.36. The van der Waals surface area contributed by atoms with E-state index in [1.807, 2.05) is 0 Å². The Bertz CT molecular complexity index is 314. The van der Waals surface area contributed by atoms with Crippen molar-refractivity contribution < 1.29 is 4.39 Å². The van der Waals surface area contributed by atoms with E-state index < -0.39 is 0 Å². The second-order valence-electron chi connectivity index (χ2n) is 4.05. The molecule has 1 unspecified atom stereocenters. The normalized spacial score (nSPS) is 21.6. The summed E-state index contributed by atoms with van der Waals surface area (Å²) in [4.78, 5) is 0. The lowest BCUT2D eigenvalue weighted by Gasteiger charge is -2.23. The first-order chi connectivity index (χ1) is 7.27. The lowest BCUT2D eigenvalue weighted by Crippen LogP contribution is -2.35. The molecule has 15 heavy (non-hydrogen) atoms. The third-order valence-electron chi connectivity index (χ3n) is 2.92. The van der Waals surface area contributed by atoms with Crippen LogP contribution < -0.4 is 5.32 Å². The average Bonchev–Trinajstić information content (AvgIpc) is 2.25. The summed E-state index contributed by atoms with van der Waals surface area (Å²) in [5, 5.41) is 3.94. The molecule has 1 N–H and O–H groups in total. The lowest BCUT2D eigenvalue weighted by molar-refractivity contribution is 0.395. The Morgan fingerprint density at radius 1 is 1.40 bits per heavy atom. The van der Waals surface area contributed by atoms with Gasteiger partial charge in [0.1, 0.15) is 5.82 Å². The van der Waals surface area contributed by atoms with Gasteiger partial charge in [0.15, 0.2) is 0 Å². The SMILES string of the molecule is Fc1cccc(Cl)c1CC1CCCCN1. The molecule has 1 aromatic carbocycles. The number of hydrogen-bond acceptors (Lipinski definition) is 1. The molecule has 82 valence electrons. The van der Waals surface area contributed by atoms with Crippen molar-refractivity contribution in [1.82, 2.24) is 5.32 Å². The van der Waals surface area contributed by atoms with Gasteiger partial charge in [-0.05, 0) is 37.9 Å². The van der Waals surface area contributed by atoms with Gasteiger partial charge in [-0.1, -0.05) is 24.1 Å². The summed E-state index contributed by atoms with van der Waals surface area (Å²) in [5.74, 6) is -0.185. The molecule has 1 heterocycles. The molecule has 1 nitrogen and oxygen atoms in total.